The van der Waals surface area contributed by atoms with Crippen molar-refractivity contribution in [3.8, 4) is 5.69 Å². The van der Waals surface area contributed by atoms with Gasteiger partial charge in [0.25, 0.3) is 5.91 Å². The standard InChI is InChI=1S/C26H28N4O/c1-18-13-24-23(19(2)16-26(3,4)29(24)5)15-21(18)17-27-28-25(31)20-9-8-10-22(14-20)30-11-6-7-12-30/h6-17H,1-5H3,(H,28,31)/b27-17+. The van der Waals surface area contributed by atoms with Crippen molar-refractivity contribution >= 4 is 23.4 Å². The maximum atomic E-state index is 12.6. The molecule has 0 aliphatic carbocycles. The summed E-state index contributed by atoms with van der Waals surface area (Å²) in [5.74, 6) is -0.238. The van der Waals surface area contributed by atoms with Crippen LogP contribution < -0.4 is 10.3 Å². The molecule has 0 spiro atoms. The van der Waals surface area contributed by atoms with Gasteiger partial charge in [-0.2, -0.15) is 5.10 Å². The van der Waals surface area contributed by atoms with E-state index in [1.807, 2.05) is 47.3 Å². The van der Waals surface area contributed by atoms with Crippen LogP contribution in [0.25, 0.3) is 11.3 Å². The Bertz CT molecular complexity index is 1190. The van der Waals surface area contributed by atoms with E-state index in [4.69, 9.17) is 0 Å². The molecular formula is C26H28N4O. The molecule has 0 bridgehead atoms. The number of anilines is 1. The average molecular weight is 413 g/mol. The van der Waals surface area contributed by atoms with Crippen molar-refractivity contribution in [2.75, 3.05) is 11.9 Å². The van der Waals surface area contributed by atoms with Crippen molar-refractivity contribution in [3.05, 3.63) is 89.3 Å². The Hall–Kier alpha value is -3.60. The molecule has 0 saturated heterocycles. The van der Waals surface area contributed by atoms with Crippen LogP contribution in [0.15, 0.2) is 72.1 Å². The molecule has 1 aliphatic heterocycles. The van der Waals surface area contributed by atoms with Gasteiger partial charge in [-0.15, -0.1) is 0 Å². The fourth-order valence-electron chi connectivity index (χ4n) is 4.00. The van der Waals surface area contributed by atoms with Gasteiger partial charge in [-0.1, -0.05) is 12.1 Å². The predicted octanol–water partition coefficient (Wildman–Crippen LogP) is 5.18. The first-order valence-corrected chi connectivity index (χ1v) is 10.4. The lowest BCUT2D eigenvalue weighted by Gasteiger charge is -2.41. The number of carbonyl (C=O) groups is 1. The molecule has 0 saturated carbocycles. The summed E-state index contributed by atoms with van der Waals surface area (Å²) in [5.41, 5.74) is 9.88. The van der Waals surface area contributed by atoms with E-state index in [1.165, 1.54) is 16.8 Å². The van der Waals surface area contributed by atoms with Gasteiger partial charge in [0.05, 0.1) is 11.8 Å². The summed E-state index contributed by atoms with van der Waals surface area (Å²) in [7, 11) is 2.12. The number of benzene rings is 2. The average Bonchev–Trinajstić information content (AvgIpc) is 3.28. The van der Waals surface area contributed by atoms with Crippen LogP contribution >= 0.6 is 0 Å². The molecule has 3 aromatic rings. The van der Waals surface area contributed by atoms with Crippen LogP contribution in [0.2, 0.25) is 0 Å². The summed E-state index contributed by atoms with van der Waals surface area (Å²) in [6.45, 7) is 8.64. The third-order valence-electron chi connectivity index (χ3n) is 5.99. The smallest absolute Gasteiger partial charge is 0.271 e. The van der Waals surface area contributed by atoms with Gasteiger partial charge in [-0.05, 0) is 86.9 Å². The van der Waals surface area contributed by atoms with E-state index in [0.717, 1.165) is 16.8 Å². The number of likely N-dealkylation sites (N-methyl/N-ethyl adjacent to an activating group) is 1. The second kappa shape index (κ2) is 7.91. The molecule has 2 heterocycles. The number of carbonyl (C=O) groups excluding carboxylic acids is 1. The van der Waals surface area contributed by atoms with E-state index in [2.05, 4.69) is 68.4 Å². The van der Waals surface area contributed by atoms with Gasteiger partial charge in [0.2, 0.25) is 0 Å². The van der Waals surface area contributed by atoms with E-state index in [1.54, 1.807) is 12.3 Å². The second-order valence-electron chi connectivity index (χ2n) is 8.61. The van der Waals surface area contributed by atoms with Gasteiger partial charge in [-0.3, -0.25) is 4.79 Å². The Kier molecular flexibility index (Phi) is 5.27. The topological polar surface area (TPSA) is 49.6 Å². The van der Waals surface area contributed by atoms with Crippen molar-refractivity contribution in [3.63, 3.8) is 0 Å². The minimum Gasteiger partial charge on any atom is -0.365 e. The lowest BCUT2D eigenvalue weighted by Crippen LogP contribution is -2.42. The number of nitrogens with zero attached hydrogens (tertiary/aromatic N) is 3. The third-order valence-corrected chi connectivity index (χ3v) is 5.99. The van der Waals surface area contributed by atoms with Gasteiger partial charge < -0.3 is 9.47 Å². The van der Waals surface area contributed by atoms with Crippen LogP contribution in [-0.4, -0.2) is 29.3 Å². The molecule has 1 aliphatic rings. The molecule has 5 heteroatoms. The molecule has 4 rings (SSSR count). The summed E-state index contributed by atoms with van der Waals surface area (Å²) in [5, 5.41) is 4.23. The summed E-state index contributed by atoms with van der Waals surface area (Å²) in [6.07, 6.45) is 7.90. The molecule has 158 valence electrons. The zero-order valence-electron chi connectivity index (χ0n) is 18.7. The molecule has 5 nitrogen and oxygen atoms in total. The first kappa shape index (κ1) is 20.7. The summed E-state index contributed by atoms with van der Waals surface area (Å²) in [4.78, 5) is 14.9. The summed E-state index contributed by atoms with van der Waals surface area (Å²) < 4.78 is 1.96. The van der Waals surface area contributed by atoms with Crippen LogP contribution in [-0.2, 0) is 0 Å². The first-order valence-electron chi connectivity index (χ1n) is 10.4. The highest BCUT2D eigenvalue weighted by Crippen LogP contribution is 2.38. The van der Waals surface area contributed by atoms with Crippen molar-refractivity contribution in [1.29, 1.82) is 0 Å². The maximum absolute atomic E-state index is 12.6. The number of allylic oxidation sites excluding steroid dienone is 1. The molecule has 0 unspecified atom stereocenters. The highest BCUT2D eigenvalue weighted by Gasteiger charge is 2.28. The molecule has 1 aromatic heterocycles. The predicted molar refractivity (Wildman–Crippen MR) is 128 cm³/mol. The number of fused-ring (bicyclic) bond motifs is 1. The normalized spacial score (nSPS) is 15.0. The number of amides is 1. The second-order valence-corrected chi connectivity index (χ2v) is 8.61. The third kappa shape index (κ3) is 4.04. The van der Waals surface area contributed by atoms with Gasteiger partial charge in [0.15, 0.2) is 0 Å². The minimum atomic E-state index is -0.238. The monoisotopic (exact) mass is 412 g/mol. The number of aryl methyl sites for hydroxylation is 1. The Balaban J connectivity index is 1.53. The van der Waals surface area contributed by atoms with Crippen molar-refractivity contribution in [2.24, 2.45) is 5.10 Å². The SMILES string of the molecule is CC1=CC(C)(C)N(C)c2cc(C)c(/C=N/NC(=O)c3cccc(-n4cccc4)c3)cc21. The number of rotatable bonds is 4. The zero-order valence-corrected chi connectivity index (χ0v) is 18.7. The van der Waals surface area contributed by atoms with E-state index in [9.17, 15) is 4.79 Å². The summed E-state index contributed by atoms with van der Waals surface area (Å²) in [6, 6.07) is 15.7. The van der Waals surface area contributed by atoms with Crippen LogP contribution in [0.1, 0.15) is 47.8 Å². The molecule has 1 N–H and O–H groups in total. The molecule has 0 radical (unpaired) electrons. The largest absolute Gasteiger partial charge is 0.365 e. The minimum absolute atomic E-state index is 0.0255. The fraction of sp³-hybridized carbons (Fsp3) is 0.231. The first-order chi connectivity index (χ1) is 14.8. The van der Waals surface area contributed by atoms with Crippen molar-refractivity contribution < 1.29 is 4.79 Å². The highest BCUT2D eigenvalue weighted by molar-refractivity contribution is 5.96. The van der Waals surface area contributed by atoms with Gasteiger partial charge in [0, 0.05) is 41.9 Å². The summed E-state index contributed by atoms with van der Waals surface area (Å²) >= 11 is 0. The molecular weight excluding hydrogens is 384 g/mol. The Morgan fingerprint density at radius 1 is 1.06 bits per heavy atom. The maximum Gasteiger partial charge on any atom is 0.271 e. The number of hydrogen-bond acceptors (Lipinski definition) is 3. The number of hydrogen-bond donors (Lipinski definition) is 1. The number of nitrogens with one attached hydrogen (secondary N) is 1. The Morgan fingerprint density at radius 3 is 2.55 bits per heavy atom. The lowest BCUT2D eigenvalue weighted by atomic mass is 9.87. The molecule has 0 fully saturated rings. The van der Waals surface area contributed by atoms with Crippen LogP contribution in [0.5, 0.6) is 0 Å². The Morgan fingerprint density at radius 2 is 1.81 bits per heavy atom. The number of aromatic nitrogens is 1. The van der Waals surface area contributed by atoms with Crippen LogP contribution in [0, 0.1) is 6.92 Å². The quantitative estimate of drug-likeness (QED) is 0.474. The molecule has 0 atom stereocenters. The van der Waals surface area contributed by atoms with Crippen LogP contribution in [0.4, 0.5) is 5.69 Å². The van der Waals surface area contributed by atoms with E-state index in [-0.39, 0.29) is 11.4 Å². The van der Waals surface area contributed by atoms with Gasteiger partial charge in [-0.25, -0.2) is 5.43 Å². The van der Waals surface area contributed by atoms with Crippen LogP contribution in [0.3, 0.4) is 0 Å². The fourth-order valence-corrected chi connectivity index (χ4v) is 4.00. The number of hydrazone groups is 1. The Labute approximate surface area is 183 Å². The molecule has 2 aromatic carbocycles. The van der Waals surface area contributed by atoms with E-state index < -0.39 is 0 Å². The lowest BCUT2D eigenvalue weighted by molar-refractivity contribution is 0.0955. The molecule has 31 heavy (non-hydrogen) atoms. The van der Waals surface area contributed by atoms with Crippen molar-refractivity contribution in [2.45, 2.75) is 33.2 Å². The van der Waals surface area contributed by atoms with E-state index >= 15 is 0 Å². The van der Waals surface area contributed by atoms with Gasteiger partial charge in [0.1, 0.15) is 0 Å². The van der Waals surface area contributed by atoms with E-state index in [0.29, 0.717) is 5.56 Å². The highest BCUT2D eigenvalue weighted by atomic mass is 16.2. The zero-order chi connectivity index (χ0) is 22.2. The van der Waals surface area contributed by atoms with Gasteiger partial charge >= 0.3 is 0 Å². The van der Waals surface area contributed by atoms with Crippen molar-refractivity contribution in [1.82, 2.24) is 9.99 Å². The molecule has 1 amide bonds.